The summed E-state index contributed by atoms with van der Waals surface area (Å²) in [6, 6.07) is 6.86. The van der Waals surface area contributed by atoms with E-state index in [4.69, 9.17) is 11.6 Å². The summed E-state index contributed by atoms with van der Waals surface area (Å²) in [5.74, 6) is -0.0471. The molecule has 29 heavy (non-hydrogen) atoms. The fourth-order valence-electron chi connectivity index (χ4n) is 2.98. The van der Waals surface area contributed by atoms with Crippen molar-refractivity contribution in [2.24, 2.45) is 5.10 Å². The van der Waals surface area contributed by atoms with Crippen molar-refractivity contribution in [3.63, 3.8) is 0 Å². The molecule has 0 fully saturated rings. The third-order valence-corrected chi connectivity index (χ3v) is 8.00. The third-order valence-electron chi connectivity index (χ3n) is 4.22. The zero-order valence-corrected chi connectivity index (χ0v) is 19.0. The predicted molar refractivity (Wildman–Crippen MR) is 115 cm³/mol. The van der Waals surface area contributed by atoms with Gasteiger partial charge in [-0.1, -0.05) is 34.0 Å². The lowest BCUT2D eigenvalue weighted by molar-refractivity contribution is 0.289. The van der Waals surface area contributed by atoms with E-state index in [0.717, 1.165) is 17.5 Å². The van der Waals surface area contributed by atoms with Crippen LogP contribution in [0, 0.1) is 0 Å². The lowest BCUT2D eigenvalue weighted by atomic mass is 10.0. The molecule has 0 saturated carbocycles. The molecule has 0 bridgehead atoms. The molecule has 162 valence electrons. The zero-order chi connectivity index (χ0) is 21.8. The molecule has 1 aliphatic heterocycles. The highest BCUT2D eigenvalue weighted by Crippen LogP contribution is 2.34. The van der Waals surface area contributed by atoms with Gasteiger partial charge in [0.25, 0.3) is 0 Å². The second kappa shape index (κ2) is 9.43. The first-order valence-electron chi connectivity index (χ1n) is 8.88. The van der Waals surface area contributed by atoms with Crippen molar-refractivity contribution in [2.45, 2.75) is 25.8 Å². The Bertz CT molecular complexity index is 995. The van der Waals surface area contributed by atoms with Crippen molar-refractivity contribution in [1.29, 1.82) is 0 Å². The van der Waals surface area contributed by atoms with E-state index in [2.05, 4.69) is 21.7 Å². The van der Waals surface area contributed by atoms with E-state index in [1.807, 2.05) is 13.0 Å². The average Bonchev–Trinajstić information content (AvgIpc) is 2.99. The van der Waals surface area contributed by atoms with Crippen molar-refractivity contribution in [2.75, 3.05) is 26.4 Å². The van der Waals surface area contributed by atoms with Gasteiger partial charge in [-0.25, -0.2) is 13.4 Å². The molecule has 0 aromatic heterocycles. The van der Waals surface area contributed by atoms with Crippen molar-refractivity contribution in [3.8, 4) is 0 Å². The number of rotatable bonds is 10. The van der Waals surface area contributed by atoms with Crippen LogP contribution in [-0.2, 0) is 20.2 Å². The number of nitrogens with one attached hydrogen (secondary N) is 2. The molecular formula is C17H26ClN5O4S2. The molecule has 1 aliphatic rings. The van der Waals surface area contributed by atoms with Crippen LogP contribution in [0.5, 0.6) is 0 Å². The Morgan fingerprint density at radius 3 is 2.66 bits per heavy atom. The van der Waals surface area contributed by atoms with E-state index in [0.29, 0.717) is 28.1 Å². The number of sulfonamides is 1. The third kappa shape index (κ3) is 6.16. The molecule has 0 radical (unpaired) electrons. The van der Waals surface area contributed by atoms with Crippen LogP contribution in [-0.4, -0.2) is 57.7 Å². The molecular weight excluding hydrogens is 438 g/mol. The molecule has 0 amide bonds. The van der Waals surface area contributed by atoms with Gasteiger partial charge >= 0.3 is 10.2 Å². The van der Waals surface area contributed by atoms with E-state index in [-0.39, 0.29) is 18.4 Å². The van der Waals surface area contributed by atoms with E-state index < -0.39 is 20.2 Å². The second-order valence-corrected chi connectivity index (χ2v) is 10.9. The first kappa shape index (κ1) is 23.6. The van der Waals surface area contributed by atoms with Gasteiger partial charge in [0.1, 0.15) is 5.82 Å². The summed E-state index contributed by atoms with van der Waals surface area (Å²) >= 11 is 6.08. The molecule has 1 aromatic carbocycles. The maximum absolute atomic E-state index is 12.8. The van der Waals surface area contributed by atoms with Crippen molar-refractivity contribution in [1.82, 2.24) is 18.8 Å². The maximum Gasteiger partial charge on any atom is 0.315 e. The highest BCUT2D eigenvalue weighted by atomic mass is 35.5. The minimum atomic E-state index is -4.40. The van der Waals surface area contributed by atoms with Crippen molar-refractivity contribution < 1.29 is 16.8 Å². The van der Waals surface area contributed by atoms with Gasteiger partial charge in [-0.05, 0) is 44.6 Å². The van der Waals surface area contributed by atoms with Gasteiger partial charge in [0.05, 0.1) is 12.3 Å². The monoisotopic (exact) mass is 463 g/mol. The molecule has 2 N–H and O–H groups in total. The Hall–Kier alpha value is -1.66. The van der Waals surface area contributed by atoms with Crippen LogP contribution in [0.15, 0.2) is 41.8 Å². The number of hydrogen-bond donors (Lipinski definition) is 2. The average molecular weight is 464 g/mol. The van der Waals surface area contributed by atoms with E-state index in [1.54, 1.807) is 25.2 Å². The lowest BCUT2D eigenvalue weighted by Gasteiger charge is -2.28. The fraction of sp³-hybridized carbons (Fsp3) is 0.471. The molecule has 1 unspecified atom stereocenters. The van der Waals surface area contributed by atoms with E-state index >= 15 is 0 Å². The van der Waals surface area contributed by atoms with Gasteiger partial charge < -0.3 is 5.32 Å². The Morgan fingerprint density at radius 2 is 2.07 bits per heavy atom. The maximum atomic E-state index is 12.8. The SMILES string of the molecule is C=C(NS(=O)(=O)N(CCCNC)S(C)(=O)=O)N1N=C(C)CC1c1cccc(Cl)c1. The van der Waals surface area contributed by atoms with Gasteiger partial charge in [-0.2, -0.15) is 13.5 Å². The molecule has 0 aliphatic carbocycles. The summed E-state index contributed by atoms with van der Waals surface area (Å²) < 4.78 is 52.3. The molecule has 1 aromatic rings. The van der Waals surface area contributed by atoms with Gasteiger partial charge in [0, 0.05) is 23.7 Å². The Morgan fingerprint density at radius 1 is 1.38 bits per heavy atom. The number of halogens is 1. The van der Waals surface area contributed by atoms with Gasteiger partial charge in [-0.3, -0.25) is 4.72 Å². The van der Waals surface area contributed by atoms with E-state index in [9.17, 15) is 16.8 Å². The Balaban J connectivity index is 2.25. The molecule has 1 heterocycles. The molecule has 2 rings (SSSR count). The standard InChI is InChI=1S/C17H26ClN5O4S2/c1-13-11-17(15-7-5-8-16(18)12-15)23(20-13)14(2)21-29(26,27)22(28(4,24)25)10-6-9-19-3/h5,7-8,12,17,19,21H,2,6,9-11H2,1,3-4H3. The second-order valence-electron chi connectivity index (χ2n) is 6.73. The number of nitrogens with zero attached hydrogens (tertiary/aromatic N) is 3. The number of hydrogen-bond acceptors (Lipinski definition) is 7. The smallest absolute Gasteiger partial charge is 0.315 e. The van der Waals surface area contributed by atoms with Crippen molar-refractivity contribution >= 4 is 37.5 Å². The summed E-state index contributed by atoms with van der Waals surface area (Å²) in [4.78, 5) is 0. The van der Waals surface area contributed by atoms with Crippen LogP contribution >= 0.6 is 11.6 Å². The number of benzene rings is 1. The summed E-state index contributed by atoms with van der Waals surface area (Å²) in [5.41, 5.74) is 1.62. The van der Waals surface area contributed by atoms with Crippen molar-refractivity contribution in [3.05, 3.63) is 47.3 Å². The number of hydrazone groups is 1. The summed E-state index contributed by atoms with van der Waals surface area (Å²) in [7, 11) is -6.71. The first-order chi connectivity index (χ1) is 13.5. The minimum Gasteiger partial charge on any atom is -0.320 e. The molecule has 0 saturated heterocycles. The topological polar surface area (TPSA) is 111 Å². The Labute approximate surface area is 177 Å². The van der Waals surface area contributed by atoms with Crippen LogP contribution in [0.4, 0.5) is 0 Å². The Kier molecular flexibility index (Phi) is 7.68. The van der Waals surface area contributed by atoms with Crippen LogP contribution in [0.25, 0.3) is 0 Å². The minimum absolute atomic E-state index is 0.0471. The highest BCUT2D eigenvalue weighted by Gasteiger charge is 2.34. The summed E-state index contributed by atoms with van der Waals surface area (Å²) in [6.07, 6.45) is 1.73. The predicted octanol–water partition coefficient (Wildman–Crippen LogP) is 1.64. The van der Waals surface area contributed by atoms with Crippen LogP contribution in [0.1, 0.15) is 31.4 Å². The largest absolute Gasteiger partial charge is 0.320 e. The quantitative estimate of drug-likeness (QED) is 0.510. The van der Waals surface area contributed by atoms with E-state index in [1.165, 1.54) is 5.01 Å². The van der Waals surface area contributed by atoms with Crippen LogP contribution in [0.2, 0.25) is 5.02 Å². The highest BCUT2D eigenvalue weighted by molar-refractivity contribution is 8.02. The summed E-state index contributed by atoms with van der Waals surface area (Å²) in [5, 5.41) is 9.20. The first-order valence-corrected chi connectivity index (χ1v) is 12.6. The molecule has 0 spiro atoms. The normalized spacial score (nSPS) is 17.5. The van der Waals surface area contributed by atoms with Gasteiger partial charge in [-0.15, -0.1) is 0 Å². The molecule has 9 nitrogen and oxygen atoms in total. The van der Waals surface area contributed by atoms with Crippen LogP contribution in [0.3, 0.4) is 0 Å². The summed E-state index contributed by atoms with van der Waals surface area (Å²) in [6.45, 7) is 5.87. The molecule has 1 atom stereocenters. The van der Waals surface area contributed by atoms with Gasteiger partial charge in [0.15, 0.2) is 0 Å². The molecule has 12 heteroatoms. The lowest BCUT2D eigenvalue weighted by Crippen LogP contribution is -2.46. The van der Waals surface area contributed by atoms with Gasteiger partial charge in [0.2, 0.25) is 10.0 Å². The zero-order valence-electron chi connectivity index (χ0n) is 16.6. The fourth-order valence-corrected chi connectivity index (χ4v) is 6.04. The van der Waals surface area contributed by atoms with Crippen LogP contribution < -0.4 is 10.0 Å².